The van der Waals surface area contributed by atoms with E-state index in [1.54, 1.807) is 0 Å². The Labute approximate surface area is 153 Å². The molecule has 5 nitrogen and oxygen atoms in total. The molecule has 0 aromatic carbocycles. The highest BCUT2D eigenvalue weighted by molar-refractivity contribution is 14.0. The number of nitrogens with zero attached hydrogens (tertiary/aromatic N) is 2. The normalized spacial score (nSPS) is 17.4. The van der Waals surface area contributed by atoms with Gasteiger partial charge in [0.1, 0.15) is 0 Å². The summed E-state index contributed by atoms with van der Waals surface area (Å²) in [7, 11) is 1.83. The van der Waals surface area contributed by atoms with E-state index in [0.717, 1.165) is 38.7 Å². The third kappa shape index (κ3) is 8.53. The molecule has 6 heteroatoms. The predicted molar refractivity (Wildman–Crippen MR) is 105 cm³/mol. The number of likely N-dealkylation sites (tertiary alicyclic amines) is 1. The van der Waals surface area contributed by atoms with E-state index in [0.29, 0.717) is 12.0 Å². The van der Waals surface area contributed by atoms with Crippen molar-refractivity contribution in [3.63, 3.8) is 0 Å². The molecule has 0 aromatic heterocycles. The maximum Gasteiger partial charge on any atom is 0.191 e. The molecule has 1 aliphatic heterocycles. The van der Waals surface area contributed by atoms with Crippen LogP contribution in [0.1, 0.15) is 40.0 Å². The number of aliphatic imine (C=N–C) groups is 1. The maximum absolute atomic E-state index is 5.34. The Hall–Kier alpha value is -0.0800. The third-order valence-electron chi connectivity index (χ3n) is 4.04. The molecule has 1 aliphatic rings. The van der Waals surface area contributed by atoms with Gasteiger partial charge in [-0.15, -0.1) is 24.0 Å². The van der Waals surface area contributed by atoms with Gasteiger partial charge in [0.05, 0.1) is 0 Å². The van der Waals surface area contributed by atoms with E-state index < -0.39 is 0 Å². The molecule has 0 aliphatic carbocycles. The van der Waals surface area contributed by atoms with Gasteiger partial charge in [0, 0.05) is 39.4 Å². The molecule has 132 valence electrons. The lowest BCUT2D eigenvalue weighted by atomic mass is 10.0. The fourth-order valence-electron chi connectivity index (χ4n) is 2.81. The smallest absolute Gasteiger partial charge is 0.191 e. The van der Waals surface area contributed by atoms with Gasteiger partial charge >= 0.3 is 0 Å². The van der Waals surface area contributed by atoms with Crippen LogP contribution in [0.25, 0.3) is 0 Å². The van der Waals surface area contributed by atoms with Crippen LogP contribution >= 0.6 is 24.0 Å². The average molecular weight is 426 g/mol. The Morgan fingerprint density at radius 2 is 1.91 bits per heavy atom. The van der Waals surface area contributed by atoms with Gasteiger partial charge in [-0.25, -0.2) is 0 Å². The second-order valence-electron chi connectivity index (χ2n) is 5.98. The molecule has 1 rings (SSSR count). The number of ether oxygens (including phenoxy) is 1. The lowest BCUT2D eigenvalue weighted by Crippen LogP contribution is -2.48. The van der Waals surface area contributed by atoms with E-state index in [-0.39, 0.29) is 24.0 Å². The quantitative estimate of drug-likeness (QED) is 0.257. The minimum Gasteiger partial charge on any atom is -0.382 e. The van der Waals surface area contributed by atoms with Crippen molar-refractivity contribution in [2.75, 3.05) is 46.4 Å². The number of rotatable bonds is 9. The molecular weight excluding hydrogens is 391 g/mol. The van der Waals surface area contributed by atoms with Crippen LogP contribution in [-0.4, -0.2) is 63.3 Å². The molecule has 2 N–H and O–H groups in total. The van der Waals surface area contributed by atoms with Crippen molar-refractivity contribution < 1.29 is 4.74 Å². The van der Waals surface area contributed by atoms with E-state index in [2.05, 4.69) is 34.4 Å². The second kappa shape index (κ2) is 13.4. The molecule has 1 saturated heterocycles. The van der Waals surface area contributed by atoms with Gasteiger partial charge in [-0.2, -0.15) is 0 Å². The summed E-state index contributed by atoms with van der Waals surface area (Å²) < 4.78 is 5.34. The molecule has 0 bridgehead atoms. The first-order valence-electron chi connectivity index (χ1n) is 8.45. The molecule has 0 amide bonds. The van der Waals surface area contributed by atoms with E-state index in [1.165, 1.54) is 25.9 Å². The van der Waals surface area contributed by atoms with Crippen LogP contribution in [0, 0.1) is 5.92 Å². The van der Waals surface area contributed by atoms with Crippen molar-refractivity contribution >= 4 is 29.9 Å². The van der Waals surface area contributed by atoms with Crippen molar-refractivity contribution in [1.82, 2.24) is 15.5 Å². The number of hydrogen-bond acceptors (Lipinski definition) is 3. The SMILES string of the molecule is CCOCCCNC(=NC)NCC(C(C)C)N1CCCC1.I. The Morgan fingerprint density at radius 3 is 2.45 bits per heavy atom. The molecular formula is C16H35IN4O. The summed E-state index contributed by atoms with van der Waals surface area (Å²) in [6.07, 6.45) is 3.69. The molecule has 0 aromatic rings. The van der Waals surface area contributed by atoms with Gasteiger partial charge in [0.15, 0.2) is 5.96 Å². The van der Waals surface area contributed by atoms with Crippen molar-refractivity contribution in [1.29, 1.82) is 0 Å². The van der Waals surface area contributed by atoms with Crippen LogP contribution in [-0.2, 0) is 4.74 Å². The summed E-state index contributed by atoms with van der Waals surface area (Å²) >= 11 is 0. The van der Waals surface area contributed by atoms with Gasteiger partial charge in [-0.05, 0) is 45.2 Å². The summed E-state index contributed by atoms with van der Waals surface area (Å²) in [4.78, 5) is 6.91. The van der Waals surface area contributed by atoms with Gasteiger partial charge in [0.2, 0.25) is 0 Å². The van der Waals surface area contributed by atoms with Crippen molar-refractivity contribution in [2.45, 2.75) is 46.1 Å². The number of halogens is 1. The number of nitrogens with one attached hydrogen (secondary N) is 2. The van der Waals surface area contributed by atoms with E-state index in [1.807, 2.05) is 14.0 Å². The second-order valence-corrected chi connectivity index (χ2v) is 5.98. The lowest BCUT2D eigenvalue weighted by Gasteiger charge is -2.31. The van der Waals surface area contributed by atoms with E-state index in [4.69, 9.17) is 4.74 Å². The fraction of sp³-hybridized carbons (Fsp3) is 0.938. The Bertz CT molecular complexity index is 294. The first kappa shape index (κ1) is 21.9. The molecule has 0 radical (unpaired) electrons. The molecule has 1 atom stereocenters. The zero-order valence-electron chi connectivity index (χ0n) is 14.7. The van der Waals surface area contributed by atoms with Crippen molar-refractivity contribution in [3.05, 3.63) is 0 Å². The Balaban J connectivity index is 0.00000441. The van der Waals surface area contributed by atoms with Crippen LogP contribution < -0.4 is 10.6 Å². The van der Waals surface area contributed by atoms with Crippen molar-refractivity contribution in [2.24, 2.45) is 10.9 Å². The molecule has 22 heavy (non-hydrogen) atoms. The minimum absolute atomic E-state index is 0. The highest BCUT2D eigenvalue weighted by Gasteiger charge is 2.24. The van der Waals surface area contributed by atoms with Crippen LogP contribution in [0.4, 0.5) is 0 Å². The highest BCUT2D eigenvalue weighted by Crippen LogP contribution is 2.16. The molecule has 0 saturated carbocycles. The zero-order chi connectivity index (χ0) is 15.5. The number of guanidine groups is 1. The molecule has 0 spiro atoms. The fourth-order valence-corrected chi connectivity index (χ4v) is 2.81. The molecule has 1 unspecified atom stereocenters. The topological polar surface area (TPSA) is 48.9 Å². The van der Waals surface area contributed by atoms with Crippen molar-refractivity contribution in [3.8, 4) is 0 Å². The minimum atomic E-state index is 0. The first-order valence-corrected chi connectivity index (χ1v) is 8.45. The molecule has 1 heterocycles. The summed E-state index contributed by atoms with van der Waals surface area (Å²) in [5.41, 5.74) is 0. The zero-order valence-corrected chi connectivity index (χ0v) is 17.1. The summed E-state index contributed by atoms with van der Waals surface area (Å²) in [6, 6.07) is 0.592. The maximum atomic E-state index is 5.34. The average Bonchev–Trinajstić information content (AvgIpc) is 2.98. The van der Waals surface area contributed by atoms with Crippen LogP contribution in [0.15, 0.2) is 4.99 Å². The standard InChI is InChI=1S/C16H34N4O.HI/c1-5-21-12-8-9-18-16(17-4)19-13-15(14(2)3)20-10-6-7-11-20;/h14-15H,5-13H2,1-4H3,(H2,17,18,19);1H. The highest BCUT2D eigenvalue weighted by atomic mass is 127. The van der Waals surface area contributed by atoms with Crippen LogP contribution in [0.5, 0.6) is 0 Å². The van der Waals surface area contributed by atoms with Gasteiger partial charge in [-0.1, -0.05) is 13.8 Å². The summed E-state index contributed by atoms with van der Waals surface area (Å²) in [5, 5.41) is 6.83. The Kier molecular flexibility index (Phi) is 13.3. The lowest BCUT2D eigenvalue weighted by molar-refractivity contribution is 0.145. The van der Waals surface area contributed by atoms with Crippen LogP contribution in [0.2, 0.25) is 0 Å². The van der Waals surface area contributed by atoms with E-state index in [9.17, 15) is 0 Å². The third-order valence-corrected chi connectivity index (χ3v) is 4.04. The van der Waals surface area contributed by atoms with Crippen LogP contribution in [0.3, 0.4) is 0 Å². The summed E-state index contributed by atoms with van der Waals surface area (Å²) in [5.74, 6) is 1.56. The summed E-state index contributed by atoms with van der Waals surface area (Å²) in [6.45, 7) is 12.6. The van der Waals surface area contributed by atoms with Gasteiger partial charge in [0.25, 0.3) is 0 Å². The largest absolute Gasteiger partial charge is 0.382 e. The predicted octanol–water partition coefficient (Wildman–Crippen LogP) is 2.32. The first-order chi connectivity index (χ1) is 10.2. The monoisotopic (exact) mass is 426 g/mol. The number of hydrogen-bond donors (Lipinski definition) is 2. The van der Waals surface area contributed by atoms with Gasteiger partial charge in [-0.3, -0.25) is 9.89 Å². The van der Waals surface area contributed by atoms with Gasteiger partial charge < -0.3 is 15.4 Å². The Morgan fingerprint density at radius 1 is 1.23 bits per heavy atom. The van der Waals surface area contributed by atoms with E-state index >= 15 is 0 Å². The molecule has 1 fully saturated rings.